The molecule has 0 fully saturated rings. The summed E-state index contributed by atoms with van der Waals surface area (Å²) in [6, 6.07) is 12.1. The highest BCUT2D eigenvalue weighted by Crippen LogP contribution is 2.33. The maximum absolute atomic E-state index is 11.2. The summed E-state index contributed by atoms with van der Waals surface area (Å²) in [5, 5.41) is 11.2. The van der Waals surface area contributed by atoms with E-state index < -0.39 is 5.60 Å². The molecule has 1 heterocycles. The second-order valence-corrected chi connectivity index (χ2v) is 7.51. The van der Waals surface area contributed by atoms with Crippen LogP contribution in [0.5, 0.6) is 5.75 Å². The van der Waals surface area contributed by atoms with Crippen LogP contribution in [-0.4, -0.2) is 23.7 Å². The molecule has 0 radical (unpaired) electrons. The van der Waals surface area contributed by atoms with Crippen LogP contribution >= 0.6 is 0 Å². The Morgan fingerprint density at radius 3 is 2.24 bits per heavy atom. The van der Waals surface area contributed by atoms with Crippen LogP contribution in [0.2, 0.25) is 0 Å². The molecule has 1 N–H and O–H groups in total. The van der Waals surface area contributed by atoms with Crippen LogP contribution in [0, 0.1) is 0 Å². The number of benzene rings is 1. The summed E-state index contributed by atoms with van der Waals surface area (Å²) in [5.41, 5.74) is 0.256. The molecule has 0 aliphatic rings. The summed E-state index contributed by atoms with van der Waals surface area (Å²) < 4.78 is 11.4. The van der Waals surface area contributed by atoms with Gasteiger partial charge in [-0.3, -0.25) is 4.90 Å². The fourth-order valence-electron chi connectivity index (χ4n) is 3.51. The first kappa shape index (κ1) is 23.0. The smallest absolute Gasteiger partial charge is 0.135 e. The summed E-state index contributed by atoms with van der Waals surface area (Å²) in [4.78, 5) is 2.36. The molecule has 0 bridgehead atoms. The minimum absolute atomic E-state index is 0.599. The van der Waals surface area contributed by atoms with Crippen molar-refractivity contribution in [3.05, 3.63) is 78.8 Å². The van der Waals surface area contributed by atoms with Crippen LogP contribution < -0.4 is 4.74 Å². The number of rotatable bonds is 14. The summed E-state index contributed by atoms with van der Waals surface area (Å²) in [6.45, 7) is 12.2. The quantitative estimate of drug-likeness (QED) is 0.408. The fraction of sp³-hybridized carbons (Fsp3) is 0.440. The number of aliphatic hydroxyl groups is 1. The molecule has 0 spiro atoms. The van der Waals surface area contributed by atoms with Crippen molar-refractivity contribution < 1.29 is 14.3 Å². The number of hydrogen-bond acceptors (Lipinski definition) is 4. The van der Waals surface area contributed by atoms with Gasteiger partial charge in [-0.05, 0) is 68.5 Å². The standard InChI is InChI=1S/C25H35NO3/c1-5-8-16-25(27,17-9-6-2)24-15-14-23(29-24)20-26(18-7-3)19-21-10-12-22(28-4)13-11-21/h5-6,10-15,27H,1-2,7-9,16-20H2,3-4H3. The molecule has 1 aromatic heterocycles. The van der Waals surface area contributed by atoms with Gasteiger partial charge in [0, 0.05) is 6.54 Å². The Morgan fingerprint density at radius 2 is 1.69 bits per heavy atom. The molecule has 4 heteroatoms. The highest BCUT2D eigenvalue weighted by Gasteiger charge is 2.31. The number of methoxy groups -OCH3 is 1. The molecule has 0 saturated carbocycles. The first-order valence-electron chi connectivity index (χ1n) is 10.4. The summed E-state index contributed by atoms with van der Waals surface area (Å²) in [7, 11) is 1.68. The molecule has 4 nitrogen and oxygen atoms in total. The van der Waals surface area contributed by atoms with Gasteiger partial charge in [0.1, 0.15) is 22.9 Å². The largest absolute Gasteiger partial charge is 0.497 e. The lowest BCUT2D eigenvalue weighted by Gasteiger charge is -2.25. The number of allylic oxidation sites excluding steroid dienone is 2. The van der Waals surface area contributed by atoms with Crippen LogP contribution in [0.1, 0.15) is 56.1 Å². The predicted octanol–water partition coefficient (Wildman–Crippen LogP) is 5.82. The zero-order chi connectivity index (χ0) is 21.1. The minimum Gasteiger partial charge on any atom is -0.497 e. The van der Waals surface area contributed by atoms with Crippen LogP contribution in [0.25, 0.3) is 0 Å². The maximum Gasteiger partial charge on any atom is 0.135 e. The van der Waals surface area contributed by atoms with E-state index in [2.05, 4.69) is 37.1 Å². The number of nitrogens with zero attached hydrogens (tertiary/aromatic N) is 1. The van der Waals surface area contributed by atoms with Crippen LogP contribution in [0.15, 0.2) is 66.1 Å². The fourth-order valence-corrected chi connectivity index (χ4v) is 3.51. The van der Waals surface area contributed by atoms with E-state index in [-0.39, 0.29) is 0 Å². The number of hydrogen-bond donors (Lipinski definition) is 1. The first-order chi connectivity index (χ1) is 14.0. The van der Waals surface area contributed by atoms with Gasteiger partial charge < -0.3 is 14.3 Å². The van der Waals surface area contributed by atoms with Crippen LogP contribution in [0.3, 0.4) is 0 Å². The van der Waals surface area contributed by atoms with E-state index in [1.807, 2.05) is 36.4 Å². The van der Waals surface area contributed by atoms with E-state index in [4.69, 9.17) is 9.15 Å². The van der Waals surface area contributed by atoms with Gasteiger partial charge >= 0.3 is 0 Å². The molecule has 0 atom stereocenters. The second kappa shape index (κ2) is 11.6. The van der Waals surface area contributed by atoms with E-state index >= 15 is 0 Å². The van der Waals surface area contributed by atoms with Gasteiger partial charge in [-0.2, -0.15) is 0 Å². The molecule has 1 aromatic carbocycles. The molecule has 29 heavy (non-hydrogen) atoms. The monoisotopic (exact) mass is 397 g/mol. The third-order valence-corrected chi connectivity index (χ3v) is 5.13. The average molecular weight is 398 g/mol. The van der Waals surface area contributed by atoms with Crippen molar-refractivity contribution in [1.82, 2.24) is 4.90 Å². The van der Waals surface area contributed by atoms with Gasteiger partial charge in [-0.1, -0.05) is 31.2 Å². The molecular formula is C25H35NO3. The number of ether oxygens (including phenoxy) is 1. The lowest BCUT2D eigenvalue weighted by Crippen LogP contribution is -2.25. The zero-order valence-corrected chi connectivity index (χ0v) is 17.9. The third kappa shape index (κ3) is 6.91. The van der Waals surface area contributed by atoms with E-state index in [1.165, 1.54) is 5.56 Å². The predicted molar refractivity (Wildman–Crippen MR) is 119 cm³/mol. The Kier molecular flexibility index (Phi) is 9.23. The van der Waals surface area contributed by atoms with Crippen molar-refractivity contribution in [2.45, 2.75) is 57.7 Å². The van der Waals surface area contributed by atoms with Crippen LogP contribution in [0.4, 0.5) is 0 Å². The summed E-state index contributed by atoms with van der Waals surface area (Å²) in [5.74, 6) is 2.37. The van der Waals surface area contributed by atoms with Crippen molar-refractivity contribution in [2.24, 2.45) is 0 Å². The van der Waals surface area contributed by atoms with Crippen molar-refractivity contribution >= 4 is 0 Å². The highest BCUT2D eigenvalue weighted by atomic mass is 16.5. The SMILES string of the molecule is C=CCCC(O)(CCC=C)c1ccc(CN(CCC)Cc2ccc(OC)cc2)o1. The van der Waals surface area contributed by atoms with Crippen LogP contribution in [-0.2, 0) is 18.7 Å². The molecular weight excluding hydrogens is 362 g/mol. The van der Waals surface area contributed by atoms with Gasteiger partial charge in [-0.15, -0.1) is 13.2 Å². The van der Waals surface area contributed by atoms with Crippen molar-refractivity contribution in [1.29, 1.82) is 0 Å². The summed E-state index contributed by atoms with van der Waals surface area (Å²) >= 11 is 0. The Balaban J connectivity index is 2.10. The molecule has 2 aromatic rings. The van der Waals surface area contributed by atoms with E-state index in [0.29, 0.717) is 25.1 Å². The highest BCUT2D eigenvalue weighted by molar-refractivity contribution is 5.27. The van der Waals surface area contributed by atoms with Gasteiger partial charge in [0.05, 0.1) is 13.7 Å². The number of furan rings is 1. The average Bonchev–Trinajstić information content (AvgIpc) is 3.21. The maximum atomic E-state index is 11.2. The molecule has 0 saturated heterocycles. The Morgan fingerprint density at radius 1 is 1.03 bits per heavy atom. The Labute approximate surface area is 175 Å². The van der Waals surface area contributed by atoms with Gasteiger partial charge in [0.2, 0.25) is 0 Å². The van der Waals surface area contributed by atoms with Gasteiger partial charge in [0.25, 0.3) is 0 Å². The Bertz CT molecular complexity index is 736. The third-order valence-electron chi connectivity index (χ3n) is 5.13. The van der Waals surface area contributed by atoms with Crippen molar-refractivity contribution in [3.63, 3.8) is 0 Å². The lowest BCUT2D eigenvalue weighted by molar-refractivity contribution is -0.00214. The van der Waals surface area contributed by atoms with Crippen molar-refractivity contribution in [2.75, 3.05) is 13.7 Å². The van der Waals surface area contributed by atoms with E-state index in [1.54, 1.807) is 7.11 Å². The molecule has 0 aliphatic carbocycles. The van der Waals surface area contributed by atoms with Gasteiger partial charge in [-0.25, -0.2) is 0 Å². The Hall–Kier alpha value is -2.30. The molecule has 158 valence electrons. The second-order valence-electron chi connectivity index (χ2n) is 7.51. The van der Waals surface area contributed by atoms with Gasteiger partial charge in [0.15, 0.2) is 0 Å². The molecule has 0 unspecified atom stereocenters. The summed E-state index contributed by atoms with van der Waals surface area (Å²) in [6.07, 6.45) is 7.41. The molecule has 0 aliphatic heterocycles. The molecule has 0 amide bonds. The minimum atomic E-state index is -0.980. The topological polar surface area (TPSA) is 45.8 Å². The van der Waals surface area contributed by atoms with E-state index in [9.17, 15) is 5.11 Å². The first-order valence-corrected chi connectivity index (χ1v) is 10.4. The zero-order valence-electron chi connectivity index (χ0n) is 17.9. The van der Waals surface area contributed by atoms with Crippen molar-refractivity contribution in [3.8, 4) is 5.75 Å². The molecule has 2 rings (SSSR count). The lowest BCUT2D eigenvalue weighted by atomic mass is 9.89. The normalized spacial score (nSPS) is 11.6. The van der Waals surface area contributed by atoms with E-state index in [0.717, 1.165) is 43.9 Å².